The fraction of sp³-hybridized carbons (Fsp3) is 0.700. The Bertz CT molecular complexity index is 452. The van der Waals surface area contributed by atoms with E-state index in [9.17, 15) is 8.42 Å². The zero-order valence-corrected chi connectivity index (χ0v) is 10.3. The molecule has 0 saturated carbocycles. The lowest BCUT2D eigenvalue weighted by Gasteiger charge is -2.25. The third-order valence-electron chi connectivity index (χ3n) is 2.89. The lowest BCUT2D eigenvalue weighted by atomic mass is 10.2. The van der Waals surface area contributed by atoms with Crippen LogP contribution in [0.4, 0.5) is 0 Å². The van der Waals surface area contributed by atoms with Crippen molar-refractivity contribution >= 4 is 10.0 Å². The number of sulfonamides is 1. The van der Waals surface area contributed by atoms with Crippen molar-refractivity contribution in [3.63, 3.8) is 0 Å². The second-order valence-corrected chi connectivity index (χ2v) is 6.17. The van der Waals surface area contributed by atoms with E-state index < -0.39 is 10.0 Å². The van der Waals surface area contributed by atoms with Crippen molar-refractivity contribution in [1.29, 1.82) is 0 Å². The zero-order chi connectivity index (χ0) is 11.6. The summed E-state index contributed by atoms with van der Waals surface area (Å²) in [5.41, 5.74) is 1.94. The molecule has 1 N–H and O–H groups in total. The van der Waals surface area contributed by atoms with Crippen LogP contribution in [0.5, 0.6) is 0 Å². The molecule has 0 aromatic carbocycles. The highest BCUT2D eigenvalue weighted by molar-refractivity contribution is 7.89. The number of imidazole rings is 1. The van der Waals surface area contributed by atoms with Crippen LogP contribution in [0.1, 0.15) is 31.2 Å². The molecule has 0 atom stereocenters. The third-order valence-corrected chi connectivity index (χ3v) is 4.79. The summed E-state index contributed by atoms with van der Waals surface area (Å²) in [5.74, 6) is 0.257. The van der Waals surface area contributed by atoms with Crippen molar-refractivity contribution in [1.82, 2.24) is 14.3 Å². The molecule has 2 rings (SSSR count). The molecule has 1 aliphatic rings. The van der Waals surface area contributed by atoms with Crippen molar-refractivity contribution in [2.75, 3.05) is 12.3 Å². The zero-order valence-electron chi connectivity index (χ0n) is 9.44. The Morgan fingerprint density at radius 3 is 3.12 bits per heavy atom. The number of nitrogens with zero attached hydrogens (tertiary/aromatic N) is 2. The van der Waals surface area contributed by atoms with Gasteiger partial charge in [0.05, 0.1) is 30.0 Å². The van der Waals surface area contributed by atoms with E-state index in [2.05, 4.69) is 9.97 Å². The van der Waals surface area contributed by atoms with Gasteiger partial charge in [-0.15, -0.1) is 0 Å². The Hall–Kier alpha value is -0.880. The van der Waals surface area contributed by atoms with Gasteiger partial charge in [0.1, 0.15) is 0 Å². The lowest BCUT2D eigenvalue weighted by Crippen LogP contribution is -2.37. The first-order valence-electron chi connectivity index (χ1n) is 5.62. The fourth-order valence-electron chi connectivity index (χ4n) is 1.88. The van der Waals surface area contributed by atoms with Gasteiger partial charge in [-0.3, -0.25) is 0 Å². The van der Waals surface area contributed by atoms with Crippen LogP contribution in [-0.4, -0.2) is 35.0 Å². The summed E-state index contributed by atoms with van der Waals surface area (Å²) in [6.45, 7) is 3.00. The Labute approximate surface area is 95.9 Å². The average Bonchev–Trinajstić information content (AvgIpc) is 2.73. The van der Waals surface area contributed by atoms with Crippen LogP contribution in [0.2, 0.25) is 0 Å². The first kappa shape index (κ1) is 11.6. The fourth-order valence-corrected chi connectivity index (χ4v) is 3.49. The van der Waals surface area contributed by atoms with Gasteiger partial charge in [-0.25, -0.2) is 13.4 Å². The molecule has 0 bridgehead atoms. The van der Waals surface area contributed by atoms with Crippen LogP contribution >= 0.6 is 0 Å². The van der Waals surface area contributed by atoms with Gasteiger partial charge in [-0.1, -0.05) is 13.3 Å². The molecule has 0 spiro atoms. The van der Waals surface area contributed by atoms with Gasteiger partial charge < -0.3 is 4.98 Å². The summed E-state index contributed by atoms with van der Waals surface area (Å²) in [6.07, 6.45) is 3.98. The number of rotatable bonds is 4. The molecule has 2 heterocycles. The van der Waals surface area contributed by atoms with E-state index >= 15 is 0 Å². The number of aromatic nitrogens is 2. The molecule has 0 aliphatic carbocycles. The highest BCUT2D eigenvalue weighted by Crippen LogP contribution is 2.18. The van der Waals surface area contributed by atoms with Crippen LogP contribution in [-0.2, 0) is 23.0 Å². The number of aromatic amines is 1. The van der Waals surface area contributed by atoms with E-state index in [-0.39, 0.29) is 5.75 Å². The molecule has 1 aromatic rings. The topological polar surface area (TPSA) is 66.1 Å². The highest BCUT2D eigenvalue weighted by atomic mass is 32.2. The summed E-state index contributed by atoms with van der Waals surface area (Å²) in [6, 6.07) is 0. The molecule has 6 heteroatoms. The van der Waals surface area contributed by atoms with Gasteiger partial charge in [-0.2, -0.15) is 4.31 Å². The Morgan fingerprint density at radius 1 is 1.56 bits per heavy atom. The van der Waals surface area contributed by atoms with Gasteiger partial charge in [0.2, 0.25) is 10.0 Å². The predicted octanol–water partition coefficient (Wildman–Crippen LogP) is 0.898. The lowest BCUT2D eigenvalue weighted by molar-refractivity contribution is 0.385. The van der Waals surface area contributed by atoms with Gasteiger partial charge in [0.25, 0.3) is 0 Å². The van der Waals surface area contributed by atoms with Gasteiger partial charge in [0.15, 0.2) is 0 Å². The normalized spacial score (nSPS) is 17.3. The average molecular weight is 243 g/mol. The molecule has 0 unspecified atom stereocenters. The molecule has 0 amide bonds. The van der Waals surface area contributed by atoms with E-state index in [1.54, 1.807) is 10.6 Å². The Kier molecular flexibility index (Phi) is 3.30. The number of H-pyrrole nitrogens is 1. The van der Waals surface area contributed by atoms with Crippen LogP contribution in [0.3, 0.4) is 0 Å². The molecule has 90 valence electrons. The summed E-state index contributed by atoms with van der Waals surface area (Å²) in [4.78, 5) is 7.16. The molecule has 5 nitrogen and oxygen atoms in total. The SMILES string of the molecule is CCCCS(=O)(=O)N1CCc2nc[nH]c2C1. The highest BCUT2D eigenvalue weighted by Gasteiger charge is 2.27. The van der Waals surface area contributed by atoms with E-state index in [1.807, 2.05) is 6.92 Å². The molecule has 0 radical (unpaired) electrons. The Balaban J connectivity index is 2.08. The predicted molar refractivity (Wildman–Crippen MR) is 61.4 cm³/mol. The van der Waals surface area contributed by atoms with Crippen molar-refractivity contribution in [3.05, 3.63) is 17.7 Å². The summed E-state index contributed by atoms with van der Waals surface area (Å²) in [5, 5.41) is 0. The number of hydrogen-bond donors (Lipinski definition) is 1. The molecule has 1 aromatic heterocycles. The van der Waals surface area contributed by atoms with Crippen molar-refractivity contribution in [2.45, 2.75) is 32.7 Å². The van der Waals surface area contributed by atoms with Crippen LogP contribution < -0.4 is 0 Å². The van der Waals surface area contributed by atoms with E-state index in [0.29, 0.717) is 19.5 Å². The first-order chi connectivity index (χ1) is 7.63. The van der Waals surface area contributed by atoms with E-state index in [4.69, 9.17) is 0 Å². The Morgan fingerprint density at radius 2 is 2.38 bits per heavy atom. The summed E-state index contributed by atoms with van der Waals surface area (Å²) < 4.78 is 25.5. The van der Waals surface area contributed by atoms with Crippen LogP contribution in [0, 0.1) is 0 Å². The standard InChI is InChI=1S/C10H17N3O2S/c1-2-3-6-16(14,15)13-5-4-9-10(7-13)12-8-11-9/h8H,2-7H2,1H3,(H,11,12). The van der Waals surface area contributed by atoms with Crippen LogP contribution in [0.25, 0.3) is 0 Å². The largest absolute Gasteiger partial charge is 0.347 e. The maximum absolute atomic E-state index is 12.0. The maximum atomic E-state index is 12.0. The van der Waals surface area contributed by atoms with Gasteiger partial charge in [-0.05, 0) is 6.42 Å². The van der Waals surface area contributed by atoms with Crippen molar-refractivity contribution in [3.8, 4) is 0 Å². The molecule has 0 saturated heterocycles. The number of unbranched alkanes of at least 4 members (excludes halogenated alkanes) is 1. The van der Waals surface area contributed by atoms with Gasteiger partial charge in [0, 0.05) is 13.0 Å². The minimum atomic E-state index is -3.08. The summed E-state index contributed by atoms with van der Waals surface area (Å²) >= 11 is 0. The monoisotopic (exact) mass is 243 g/mol. The third kappa shape index (κ3) is 2.27. The van der Waals surface area contributed by atoms with Crippen molar-refractivity contribution < 1.29 is 8.42 Å². The van der Waals surface area contributed by atoms with Crippen LogP contribution in [0.15, 0.2) is 6.33 Å². The second kappa shape index (κ2) is 4.55. The minimum absolute atomic E-state index is 0.257. The molecular weight excluding hydrogens is 226 g/mol. The number of fused-ring (bicyclic) bond motifs is 1. The second-order valence-electron chi connectivity index (χ2n) is 4.08. The van der Waals surface area contributed by atoms with Gasteiger partial charge >= 0.3 is 0 Å². The van der Waals surface area contributed by atoms with E-state index in [0.717, 1.165) is 24.2 Å². The quantitative estimate of drug-likeness (QED) is 0.854. The number of nitrogens with one attached hydrogen (secondary N) is 1. The first-order valence-corrected chi connectivity index (χ1v) is 7.23. The molecule has 0 fully saturated rings. The minimum Gasteiger partial charge on any atom is -0.347 e. The molecule has 1 aliphatic heterocycles. The summed E-state index contributed by atoms with van der Waals surface area (Å²) in [7, 11) is -3.08. The van der Waals surface area contributed by atoms with Crippen molar-refractivity contribution in [2.24, 2.45) is 0 Å². The van der Waals surface area contributed by atoms with E-state index in [1.165, 1.54) is 0 Å². The maximum Gasteiger partial charge on any atom is 0.214 e. The number of hydrogen-bond acceptors (Lipinski definition) is 3. The molecule has 16 heavy (non-hydrogen) atoms. The smallest absolute Gasteiger partial charge is 0.214 e. The molecular formula is C10H17N3O2S.